The second kappa shape index (κ2) is 6.37. The highest BCUT2D eigenvalue weighted by atomic mass is 32.2. The maximum Gasteiger partial charge on any atom is 0.204 e. The van der Waals surface area contributed by atoms with Crippen molar-refractivity contribution in [3.8, 4) is 11.5 Å². The van der Waals surface area contributed by atoms with Crippen molar-refractivity contribution in [1.29, 1.82) is 0 Å². The number of aromatic amines is 1. The van der Waals surface area contributed by atoms with Gasteiger partial charge in [-0.2, -0.15) is 4.39 Å². The summed E-state index contributed by atoms with van der Waals surface area (Å²) in [5.74, 6) is -2.96. The second-order valence-electron chi connectivity index (χ2n) is 4.86. The molecule has 2 aromatic carbocycles. The van der Waals surface area contributed by atoms with Crippen molar-refractivity contribution in [2.75, 3.05) is 6.26 Å². The highest BCUT2D eigenvalue weighted by Crippen LogP contribution is 2.41. The first kappa shape index (κ1) is 16.7. The predicted octanol–water partition coefficient (Wildman–Crippen LogP) is 4.73. The van der Waals surface area contributed by atoms with Gasteiger partial charge in [0.25, 0.3) is 0 Å². The Kier molecular flexibility index (Phi) is 4.42. The van der Waals surface area contributed by atoms with Crippen LogP contribution >= 0.6 is 24.0 Å². The fourth-order valence-corrected chi connectivity index (χ4v) is 3.20. The molecule has 0 aliphatic rings. The summed E-state index contributed by atoms with van der Waals surface area (Å²) in [6, 6.07) is 5.27. The Balaban J connectivity index is 2.15. The summed E-state index contributed by atoms with van der Waals surface area (Å²) >= 11 is 5.97. The first-order valence-corrected chi connectivity index (χ1v) is 8.36. The molecule has 3 rings (SSSR count). The molecular formula is C16H11F3N2OS2. The third-order valence-electron chi connectivity index (χ3n) is 3.44. The van der Waals surface area contributed by atoms with Crippen LogP contribution in [-0.2, 0) is 0 Å². The van der Waals surface area contributed by atoms with E-state index < -0.39 is 17.5 Å². The summed E-state index contributed by atoms with van der Waals surface area (Å²) in [6.45, 7) is 0. The maximum absolute atomic E-state index is 14.4. The molecule has 24 heavy (non-hydrogen) atoms. The Labute approximate surface area is 145 Å². The van der Waals surface area contributed by atoms with Crippen LogP contribution in [0.3, 0.4) is 0 Å². The average Bonchev–Trinajstić information content (AvgIpc) is 3.03. The number of aromatic nitrogens is 1. The number of nitrogens with two attached hydrogens (primary N) is 1. The zero-order valence-electron chi connectivity index (χ0n) is 12.3. The van der Waals surface area contributed by atoms with Crippen LogP contribution in [0.4, 0.5) is 13.2 Å². The Hall–Kier alpha value is -2.19. The van der Waals surface area contributed by atoms with Gasteiger partial charge in [0.05, 0.1) is 10.4 Å². The van der Waals surface area contributed by atoms with Gasteiger partial charge >= 0.3 is 0 Å². The van der Waals surface area contributed by atoms with E-state index in [1.54, 1.807) is 12.3 Å². The van der Waals surface area contributed by atoms with E-state index in [-0.39, 0.29) is 27.6 Å². The van der Waals surface area contributed by atoms with Crippen LogP contribution in [0.15, 0.2) is 35.4 Å². The summed E-state index contributed by atoms with van der Waals surface area (Å²) in [5.41, 5.74) is 5.47. The summed E-state index contributed by atoms with van der Waals surface area (Å²) in [4.78, 5) is 2.92. The molecule has 3 nitrogen and oxygen atoms in total. The number of ether oxygens (including phenoxy) is 1. The van der Waals surface area contributed by atoms with Crippen LogP contribution in [0.1, 0.15) is 5.56 Å². The van der Waals surface area contributed by atoms with Gasteiger partial charge in [-0.3, -0.25) is 0 Å². The van der Waals surface area contributed by atoms with Crippen LogP contribution in [-0.4, -0.2) is 16.2 Å². The van der Waals surface area contributed by atoms with Crippen LogP contribution in [0.25, 0.3) is 10.9 Å². The van der Waals surface area contributed by atoms with Gasteiger partial charge < -0.3 is 15.5 Å². The standard InChI is InChI=1S/C16H11F3N2OS2/c1-24-15-8-4-5-21-13(8)11(18)12(19)14(15)22-7-2-3-10(17)9(6-7)16(20)23/h2-6,21H,1H3,(H2,20,23). The summed E-state index contributed by atoms with van der Waals surface area (Å²) in [5, 5.41) is 0.494. The number of thioether (sulfide) groups is 1. The van der Waals surface area contributed by atoms with E-state index in [1.165, 1.54) is 30.1 Å². The molecule has 0 aliphatic heterocycles. The molecule has 1 aromatic heterocycles. The zero-order chi connectivity index (χ0) is 17.4. The monoisotopic (exact) mass is 368 g/mol. The SMILES string of the molecule is CSc1c(Oc2ccc(F)c(C(N)=S)c2)c(F)c(F)c2[nH]ccc12. The van der Waals surface area contributed by atoms with Gasteiger partial charge in [0.15, 0.2) is 11.6 Å². The molecule has 0 spiro atoms. The third-order valence-corrected chi connectivity index (χ3v) is 4.47. The Morgan fingerprint density at radius 3 is 2.62 bits per heavy atom. The largest absolute Gasteiger partial charge is 0.453 e. The van der Waals surface area contributed by atoms with Crippen molar-refractivity contribution in [3.05, 3.63) is 53.5 Å². The number of H-pyrrole nitrogens is 1. The second-order valence-corrected chi connectivity index (χ2v) is 6.12. The number of hydrogen-bond acceptors (Lipinski definition) is 3. The van der Waals surface area contributed by atoms with Crippen LogP contribution < -0.4 is 10.5 Å². The lowest BCUT2D eigenvalue weighted by Crippen LogP contribution is -2.11. The first-order valence-electron chi connectivity index (χ1n) is 6.73. The van der Waals surface area contributed by atoms with Gasteiger partial charge in [-0.1, -0.05) is 12.2 Å². The van der Waals surface area contributed by atoms with Crippen molar-refractivity contribution >= 4 is 39.9 Å². The molecule has 124 valence electrons. The van der Waals surface area contributed by atoms with E-state index in [0.717, 1.165) is 6.07 Å². The molecule has 3 aromatic rings. The fraction of sp³-hybridized carbons (Fsp3) is 0.0625. The Morgan fingerprint density at radius 2 is 1.96 bits per heavy atom. The molecule has 0 saturated carbocycles. The zero-order valence-corrected chi connectivity index (χ0v) is 14.0. The lowest BCUT2D eigenvalue weighted by atomic mass is 10.2. The minimum atomic E-state index is -1.13. The van der Waals surface area contributed by atoms with Crippen molar-refractivity contribution in [2.24, 2.45) is 5.73 Å². The van der Waals surface area contributed by atoms with E-state index in [4.69, 9.17) is 22.7 Å². The lowest BCUT2D eigenvalue weighted by Gasteiger charge is -2.14. The molecule has 0 amide bonds. The van der Waals surface area contributed by atoms with Crippen LogP contribution in [0.2, 0.25) is 0 Å². The molecule has 0 aliphatic carbocycles. The van der Waals surface area contributed by atoms with Crippen LogP contribution in [0.5, 0.6) is 11.5 Å². The minimum Gasteiger partial charge on any atom is -0.453 e. The average molecular weight is 368 g/mol. The van der Waals surface area contributed by atoms with Gasteiger partial charge in [-0.05, 0) is 30.5 Å². The number of benzene rings is 2. The number of rotatable bonds is 4. The van der Waals surface area contributed by atoms with E-state index in [0.29, 0.717) is 10.3 Å². The van der Waals surface area contributed by atoms with Crippen molar-refractivity contribution in [3.63, 3.8) is 0 Å². The first-order chi connectivity index (χ1) is 11.4. The number of fused-ring (bicyclic) bond motifs is 1. The molecule has 8 heteroatoms. The smallest absolute Gasteiger partial charge is 0.204 e. The lowest BCUT2D eigenvalue weighted by molar-refractivity contribution is 0.409. The molecule has 0 atom stereocenters. The fourth-order valence-electron chi connectivity index (χ4n) is 2.34. The van der Waals surface area contributed by atoms with Gasteiger partial charge in [0.1, 0.15) is 16.6 Å². The number of hydrogen-bond donors (Lipinski definition) is 2. The molecular weight excluding hydrogens is 357 g/mol. The van der Waals surface area contributed by atoms with Gasteiger partial charge in [0, 0.05) is 17.1 Å². The Bertz CT molecular complexity index is 956. The van der Waals surface area contributed by atoms with Gasteiger partial charge in [0.2, 0.25) is 5.82 Å². The summed E-state index contributed by atoms with van der Waals surface area (Å²) in [6.07, 6.45) is 3.23. The molecule has 0 radical (unpaired) electrons. The van der Waals surface area contributed by atoms with E-state index in [1.807, 2.05) is 0 Å². The maximum atomic E-state index is 14.4. The highest BCUT2D eigenvalue weighted by Gasteiger charge is 2.22. The number of thiocarbonyl (C=S) groups is 1. The number of nitrogens with one attached hydrogen (secondary N) is 1. The van der Waals surface area contributed by atoms with Gasteiger partial charge in [-0.25, -0.2) is 8.78 Å². The Morgan fingerprint density at radius 1 is 1.21 bits per heavy atom. The molecule has 0 fully saturated rings. The summed E-state index contributed by atoms with van der Waals surface area (Å²) < 4.78 is 47.8. The molecule has 0 saturated heterocycles. The normalized spacial score (nSPS) is 11.0. The highest BCUT2D eigenvalue weighted by molar-refractivity contribution is 7.99. The molecule has 0 unspecified atom stereocenters. The third kappa shape index (κ3) is 2.71. The minimum absolute atomic E-state index is 0.0307. The molecule has 0 bridgehead atoms. The topological polar surface area (TPSA) is 51.0 Å². The molecule has 3 N–H and O–H groups in total. The van der Waals surface area contributed by atoms with Crippen molar-refractivity contribution in [1.82, 2.24) is 4.98 Å². The van der Waals surface area contributed by atoms with E-state index >= 15 is 0 Å². The van der Waals surface area contributed by atoms with E-state index in [2.05, 4.69) is 4.98 Å². The van der Waals surface area contributed by atoms with E-state index in [9.17, 15) is 13.2 Å². The van der Waals surface area contributed by atoms with Crippen molar-refractivity contribution in [2.45, 2.75) is 4.90 Å². The predicted molar refractivity (Wildman–Crippen MR) is 92.4 cm³/mol. The quantitative estimate of drug-likeness (QED) is 0.516. The van der Waals surface area contributed by atoms with Crippen LogP contribution in [0, 0.1) is 17.5 Å². The molecule has 1 heterocycles. The van der Waals surface area contributed by atoms with Crippen molar-refractivity contribution < 1.29 is 17.9 Å². The number of halogens is 3. The van der Waals surface area contributed by atoms with Gasteiger partial charge in [-0.15, -0.1) is 11.8 Å². The summed E-state index contributed by atoms with van der Waals surface area (Å²) in [7, 11) is 0.